The van der Waals surface area contributed by atoms with Gasteiger partial charge >= 0.3 is 0 Å². The standard InChI is InChI=1S/C21H17N/c1-15-12-20(13-16(2)21(15)14-22)19-10-8-18(9-11-19)17-6-4-3-5-7-17/h3-13H,1-2H3. The summed E-state index contributed by atoms with van der Waals surface area (Å²) in [6.07, 6.45) is 0. The van der Waals surface area contributed by atoms with Gasteiger partial charge in [0.15, 0.2) is 0 Å². The van der Waals surface area contributed by atoms with E-state index in [1.54, 1.807) is 0 Å². The molecule has 1 nitrogen and oxygen atoms in total. The zero-order valence-electron chi connectivity index (χ0n) is 12.8. The van der Waals surface area contributed by atoms with Crippen LogP contribution in [0.4, 0.5) is 0 Å². The lowest BCUT2D eigenvalue weighted by molar-refractivity contribution is 1.32. The molecule has 0 N–H and O–H groups in total. The summed E-state index contributed by atoms with van der Waals surface area (Å²) in [5.74, 6) is 0. The van der Waals surface area contributed by atoms with Gasteiger partial charge < -0.3 is 0 Å². The topological polar surface area (TPSA) is 23.8 Å². The van der Waals surface area contributed by atoms with Crippen LogP contribution in [0.2, 0.25) is 0 Å². The SMILES string of the molecule is Cc1cc(-c2ccc(-c3ccccc3)cc2)cc(C)c1C#N. The van der Waals surface area contributed by atoms with E-state index in [1.807, 2.05) is 19.9 Å². The van der Waals surface area contributed by atoms with Crippen molar-refractivity contribution in [3.63, 3.8) is 0 Å². The van der Waals surface area contributed by atoms with Crippen molar-refractivity contribution in [3.05, 3.63) is 83.4 Å². The van der Waals surface area contributed by atoms with Gasteiger partial charge in [0.1, 0.15) is 0 Å². The van der Waals surface area contributed by atoms with Gasteiger partial charge in [-0.1, -0.05) is 66.7 Å². The number of hydrogen-bond donors (Lipinski definition) is 0. The molecule has 0 fully saturated rings. The summed E-state index contributed by atoms with van der Waals surface area (Å²) in [5, 5.41) is 9.17. The highest BCUT2D eigenvalue weighted by Crippen LogP contribution is 2.27. The molecule has 22 heavy (non-hydrogen) atoms. The lowest BCUT2D eigenvalue weighted by atomic mass is 9.95. The predicted molar refractivity (Wildman–Crippen MR) is 91.5 cm³/mol. The van der Waals surface area contributed by atoms with E-state index in [-0.39, 0.29) is 0 Å². The Kier molecular flexibility index (Phi) is 3.76. The van der Waals surface area contributed by atoms with Crippen molar-refractivity contribution in [2.45, 2.75) is 13.8 Å². The van der Waals surface area contributed by atoms with Gasteiger partial charge in [0.05, 0.1) is 11.6 Å². The first kappa shape index (κ1) is 14.1. The maximum absolute atomic E-state index is 9.17. The number of nitriles is 1. The Balaban J connectivity index is 1.99. The molecule has 3 aromatic rings. The van der Waals surface area contributed by atoms with Crippen molar-refractivity contribution >= 4 is 0 Å². The number of hydrogen-bond acceptors (Lipinski definition) is 1. The summed E-state index contributed by atoms with van der Waals surface area (Å²) in [4.78, 5) is 0. The predicted octanol–water partition coefficient (Wildman–Crippen LogP) is 5.51. The van der Waals surface area contributed by atoms with Crippen LogP contribution in [0.1, 0.15) is 16.7 Å². The second-order valence-electron chi connectivity index (χ2n) is 5.54. The molecular weight excluding hydrogens is 266 g/mol. The van der Waals surface area contributed by atoms with Gasteiger partial charge in [-0.2, -0.15) is 5.26 Å². The molecule has 0 aromatic heterocycles. The molecule has 0 aliphatic rings. The first-order valence-corrected chi connectivity index (χ1v) is 7.36. The van der Waals surface area contributed by atoms with Crippen LogP contribution < -0.4 is 0 Å². The molecule has 3 aromatic carbocycles. The van der Waals surface area contributed by atoms with E-state index in [4.69, 9.17) is 0 Å². The smallest absolute Gasteiger partial charge is 0.0997 e. The van der Waals surface area contributed by atoms with Gasteiger partial charge in [-0.05, 0) is 47.2 Å². The second-order valence-corrected chi connectivity index (χ2v) is 5.54. The molecule has 0 amide bonds. The minimum Gasteiger partial charge on any atom is -0.192 e. The largest absolute Gasteiger partial charge is 0.192 e. The summed E-state index contributed by atoms with van der Waals surface area (Å²) >= 11 is 0. The fourth-order valence-electron chi connectivity index (χ4n) is 2.79. The summed E-state index contributed by atoms with van der Waals surface area (Å²) in [7, 11) is 0. The number of aryl methyl sites for hydroxylation is 2. The molecule has 0 saturated carbocycles. The van der Waals surface area contributed by atoms with E-state index < -0.39 is 0 Å². The van der Waals surface area contributed by atoms with Gasteiger partial charge in [0, 0.05) is 0 Å². The molecule has 0 bridgehead atoms. The molecule has 0 unspecified atom stereocenters. The van der Waals surface area contributed by atoms with Crippen LogP contribution in [0, 0.1) is 25.2 Å². The molecule has 106 valence electrons. The summed E-state index contributed by atoms with van der Waals surface area (Å²) in [6.45, 7) is 3.99. The maximum atomic E-state index is 9.17. The minimum atomic E-state index is 0.782. The highest BCUT2D eigenvalue weighted by molar-refractivity contribution is 5.72. The van der Waals surface area contributed by atoms with Crippen LogP contribution >= 0.6 is 0 Å². The van der Waals surface area contributed by atoms with Crippen LogP contribution in [0.25, 0.3) is 22.3 Å². The molecule has 0 heterocycles. The lowest BCUT2D eigenvalue weighted by Gasteiger charge is -2.09. The molecule has 0 spiro atoms. The van der Waals surface area contributed by atoms with Gasteiger partial charge in [-0.15, -0.1) is 0 Å². The average Bonchev–Trinajstić information content (AvgIpc) is 2.55. The molecule has 0 atom stereocenters. The third kappa shape index (κ3) is 2.64. The Labute approximate surface area is 131 Å². The Morgan fingerprint density at radius 1 is 0.636 bits per heavy atom. The van der Waals surface area contributed by atoms with Crippen molar-refractivity contribution < 1.29 is 0 Å². The molecule has 0 saturated heterocycles. The van der Waals surface area contributed by atoms with E-state index in [0.717, 1.165) is 22.3 Å². The van der Waals surface area contributed by atoms with E-state index in [9.17, 15) is 5.26 Å². The Bertz CT molecular complexity index is 814. The molecule has 3 rings (SSSR count). The van der Waals surface area contributed by atoms with Crippen LogP contribution in [0.15, 0.2) is 66.7 Å². The molecule has 1 heteroatoms. The quantitative estimate of drug-likeness (QED) is 0.608. The number of benzene rings is 3. The highest BCUT2D eigenvalue weighted by Gasteiger charge is 2.06. The Hall–Kier alpha value is -2.85. The third-order valence-corrected chi connectivity index (χ3v) is 3.97. The van der Waals surface area contributed by atoms with Crippen molar-refractivity contribution in [2.24, 2.45) is 0 Å². The zero-order chi connectivity index (χ0) is 15.5. The van der Waals surface area contributed by atoms with Crippen LogP contribution in [0.5, 0.6) is 0 Å². The average molecular weight is 283 g/mol. The molecular formula is C21H17N. The van der Waals surface area contributed by atoms with Gasteiger partial charge in [-0.3, -0.25) is 0 Å². The summed E-state index contributed by atoms with van der Waals surface area (Å²) < 4.78 is 0. The van der Waals surface area contributed by atoms with Crippen molar-refractivity contribution in [3.8, 4) is 28.3 Å². The van der Waals surface area contributed by atoms with Crippen molar-refractivity contribution in [2.75, 3.05) is 0 Å². The summed E-state index contributed by atoms with van der Waals surface area (Å²) in [6, 6.07) is 25.4. The number of rotatable bonds is 2. The summed E-state index contributed by atoms with van der Waals surface area (Å²) in [5.41, 5.74) is 7.62. The van der Waals surface area contributed by atoms with E-state index in [1.165, 1.54) is 16.7 Å². The van der Waals surface area contributed by atoms with Gasteiger partial charge in [0.2, 0.25) is 0 Å². The fraction of sp³-hybridized carbons (Fsp3) is 0.0952. The molecule has 0 aliphatic carbocycles. The second kappa shape index (κ2) is 5.87. The Morgan fingerprint density at radius 3 is 1.59 bits per heavy atom. The minimum absolute atomic E-state index is 0.782. The van der Waals surface area contributed by atoms with Crippen LogP contribution in [-0.2, 0) is 0 Å². The monoisotopic (exact) mass is 283 g/mol. The first-order valence-electron chi connectivity index (χ1n) is 7.36. The lowest BCUT2D eigenvalue weighted by Crippen LogP contribution is -1.90. The maximum Gasteiger partial charge on any atom is 0.0997 e. The number of nitrogens with zero attached hydrogens (tertiary/aromatic N) is 1. The van der Waals surface area contributed by atoms with Gasteiger partial charge in [-0.25, -0.2) is 0 Å². The zero-order valence-corrected chi connectivity index (χ0v) is 12.8. The normalized spacial score (nSPS) is 10.2. The Morgan fingerprint density at radius 2 is 1.09 bits per heavy atom. The van der Waals surface area contributed by atoms with E-state index in [0.29, 0.717) is 0 Å². The first-order chi connectivity index (χ1) is 10.7. The third-order valence-electron chi connectivity index (χ3n) is 3.97. The van der Waals surface area contributed by atoms with E-state index in [2.05, 4.69) is 66.7 Å². The van der Waals surface area contributed by atoms with Gasteiger partial charge in [0.25, 0.3) is 0 Å². The molecule has 0 aliphatic heterocycles. The van der Waals surface area contributed by atoms with Crippen molar-refractivity contribution in [1.29, 1.82) is 5.26 Å². The highest BCUT2D eigenvalue weighted by atomic mass is 14.2. The van der Waals surface area contributed by atoms with E-state index >= 15 is 0 Å². The van der Waals surface area contributed by atoms with Crippen molar-refractivity contribution in [1.82, 2.24) is 0 Å². The molecule has 0 radical (unpaired) electrons. The van der Waals surface area contributed by atoms with Crippen LogP contribution in [0.3, 0.4) is 0 Å². The fourth-order valence-corrected chi connectivity index (χ4v) is 2.79. The van der Waals surface area contributed by atoms with Crippen LogP contribution in [-0.4, -0.2) is 0 Å².